The van der Waals surface area contributed by atoms with Crippen LogP contribution in [0.3, 0.4) is 0 Å². The fourth-order valence-corrected chi connectivity index (χ4v) is 2.87. The second-order valence-corrected chi connectivity index (χ2v) is 6.72. The molecule has 19 heavy (non-hydrogen) atoms. The highest BCUT2D eigenvalue weighted by molar-refractivity contribution is 14.1. The molecule has 100 valence electrons. The Balaban J connectivity index is 2.36. The van der Waals surface area contributed by atoms with E-state index in [0.29, 0.717) is 0 Å². The Bertz CT molecular complexity index is 702. The fraction of sp³-hybridized carbons (Fsp3) is 0. The number of sulfonamides is 1. The van der Waals surface area contributed by atoms with Crippen LogP contribution in [0.1, 0.15) is 0 Å². The third kappa shape index (κ3) is 3.35. The fourth-order valence-electron chi connectivity index (χ4n) is 1.43. The summed E-state index contributed by atoms with van der Waals surface area (Å²) in [5, 5.41) is 0. The molecular weight excluding hydrogens is 382 g/mol. The van der Waals surface area contributed by atoms with E-state index in [1.54, 1.807) is 12.1 Å². The summed E-state index contributed by atoms with van der Waals surface area (Å²) in [6.07, 6.45) is 0. The van der Waals surface area contributed by atoms with Crippen molar-refractivity contribution in [3.8, 4) is 0 Å². The average molecular weight is 392 g/mol. The predicted octanol–water partition coefficient (Wildman–Crippen LogP) is 2.81. The van der Waals surface area contributed by atoms with Gasteiger partial charge in [-0.3, -0.25) is 4.72 Å². The van der Waals surface area contributed by atoms with Crippen LogP contribution in [0.15, 0.2) is 47.4 Å². The van der Waals surface area contributed by atoms with Crippen molar-refractivity contribution in [2.45, 2.75) is 4.90 Å². The zero-order chi connectivity index (χ0) is 14.0. The SMILES string of the molecule is Nc1ccc(F)cc1NS(=O)(=O)c1ccc(I)cc1. The van der Waals surface area contributed by atoms with E-state index in [0.717, 1.165) is 15.7 Å². The molecule has 0 aliphatic heterocycles. The molecule has 0 aliphatic rings. The Morgan fingerprint density at radius 3 is 2.37 bits per heavy atom. The van der Waals surface area contributed by atoms with Crippen molar-refractivity contribution in [1.29, 1.82) is 0 Å². The first-order valence-corrected chi connectivity index (χ1v) is 7.78. The van der Waals surface area contributed by atoms with Gasteiger partial charge >= 0.3 is 0 Å². The number of rotatable bonds is 3. The van der Waals surface area contributed by atoms with Crippen LogP contribution < -0.4 is 10.5 Å². The van der Waals surface area contributed by atoms with Crippen molar-refractivity contribution in [3.05, 3.63) is 51.9 Å². The molecule has 2 aromatic rings. The van der Waals surface area contributed by atoms with Crippen molar-refractivity contribution < 1.29 is 12.8 Å². The van der Waals surface area contributed by atoms with Gasteiger partial charge in [0.2, 0.25) is 0 Å². The van der Waals surface area contributed by atoms with Crippen LogP contribution in [-0.4, -0.2) is 8.42 Å². The molecule has 0 atom stereocenters. The number of nitrogens with one attached hydrogen (secondary N) is 1. The molecule has 0 heterocycles. The summed E-state index contributed by atoms with van der Waals surface area (Å²) < 4.78 is 40.4. The normalized spacial score (nSPS) is 11.3. The van der Waals surface area contributed by atoms with Gasteiger partial charge in [-0.15, -0.1) is 0 Å². The van der Waals surface area contributed by atoms with Crippen LogP contribution in [-0.2, 0) is 10.0 Å². The molecule has 4 nitrogen and oxygen atoms in total. The summed E-state index contributed by atoms with van der Waals surface area (Å²) in [7, 11) is -3.77. The first-order valence-electron chi connectivity index (χ1n) is 5.22. The van der Waals surface area contributed by atoms with E-state index in [1.165, 1.54) is 18.2 Å². The molecule has 0 saturated heterocycles. The molecule has 0 radical (unpaired) electrons. The highest BCUT2D eigenvalue weighted by Crippen LogP contribution is 2.23. The van der Waals surface area contributed by atoms with Crippen LogP contribution in [0.2, 0.25) is 0 Å². The Morgan fingerprint density at radius 2 is 1.74 bits per heavy atom. The Morgan fingerprint density at radius 1 is 1.11 bits per heavy atom. The number of hydrogen-bond acceptors (Lipinski definition) is 3. The molecule has 0 fully saturated rings. The minimum Gasteiger partial charge on any atom is -0.397 e. The second-order valence-electron chi connectivity index (χ2n) is 3.79. The number of halogens is 2. The topological polar surface area (TPSA) is 72.2 Å². The lowest BCUT2D eigenvalue weighted by Crippen LogP contribution is -2.14. The quantitative estimate of drug-likeness (QED) is 0.624. The smallest absolute Gasteiger partial charge is 0.261 e. The molecule has 3 N–H and O–H groups in total. The van der Waals surface area contributed by atoms with Gasteiger partial charge in [0, 0.05) is 9.64 Å². The van der Waals surface area contributed by atoms with Crippen molar-refractivity contribution in [2.24, 2.45) is 0 Å². The van der Waals surface area contributed by atoms with Crippen LogP contribution in [0, 0.1) is 9.39 Å². The van der Waals surface area contributed by atoms with E-state index < -0.39 is 15.8 Å². The molecule has 0 amide bonds. The van der Waals surface area contributed by atoms with Crippen LogP contribution in [0.4, 0.5) is 15.8 Å². The molecule has 0 spiro atoms. The molecular formula is C12H10FIN2O2S. The Labute approximate surface area is 124 Å². The lowest BCUT2D eigenvalue weighted by Gasteiger charge is -2.10. The Hall–Kier alpha value is -1.35. The van der Waals surface area contributed by atoms with Gasteiger partial charge in [0.15, 0.2) is 0 Å². The number of benzene rings is 2. The maximum absolute atomic E-state index is 13.1. The number of nitrogens with two attached hydrogens (primary N) is 1. The van der Waals surface area contributed by atoms with Crippen LogP contribution in [0.25, 0.3) is 0 Å². The zero-order valence-corrected chi connectivity index (χ0v) is 12.6. The lowest BCUT2D eigenvalue weighted by atomic mass is 10.3. The predicted molar refractivity (Wildman–Crippen MR) is 80.8 cm³/mol. The number of anilines is 2. The molecule has 2 aromatic carbocycles. The molecule has 0 aliphatic carbocycles. The highest BCUT2D eigenvalue weighted by atomic mass is 127. The summed E-state index contributed by atoms with van der Waals surface area (Å²) >= 11 is 2.07. The van der Waals surface area contributed by atoms with Gasteiger partial charge in [0.25, 0.3) is 10.0 Å². The van der Waals surface area contributed by atoms with Crippen LogP contribution >= 0.6 is 22.6 Å². The summed E-state index contributed by atoms with van der Waals surface area (Å²) in [5.41, 5.74) is 5.79. The minimum atomic E-state index is -3.77. The molecule has 0 unspecified atom stereocenters. The van der Waals surface area contributed by atoms with Gasteiger partial charge in [-0.1, -0.05) is 0 Å². The van der Waals surface area contributed by atoms with Gasteiger partial charge in [-0.2, -0.15) is 0 Å². The van der Waals surface area contributed by atoms with Crippen molar-refractivity contribution in [1.82, 2.24) is 0 Å². The molecule has 0 bridgehead atoms. The van der Waals surface area contributed by atoms with E-state index in [4.69, 9.17) is 5.73 Å². The standard InChI is InChI=1S/C12H10FIN2O2S/c13-8-1-6-11(15)12(7-8)16-19(17,18)10-4-2-9(14)3-5-10/h1-7,16H,15H2. The lowest BCUT2D eigenvalue weighted by molar-refractivity contribution is 0.601. The summed E-state index contributed by atoms with van der Waals surface area (Å²) in [5.74, 6) is -0.561. The van der Waals surface area contributed by atoms with E-state index >= 15 is 0 Å². The van der Waals surface area contributed by atoms with Gasteiger partial charge in [-0.05, 0) is 59.0 Å². The summed E-state index contributed by atoms with van der Waals surface area (Å²) in [4.78, 5) is 0.0941. The summed E-state index contributed by atoms with van der Waals surface area (Å²) in [6.45, 7) is 0. The maximum Gasteiger partial charge on any atom is 0.261 e. The van der Waals surface area contributed by atoms with Gasteiger partial charge in [0.1, 0.15) is 5.82 Å². The van der Waals surface area contributed by atoms with E-state index in [9.17, 15) is 12.8 Å². The van der Waals surface area contributed by atoms with Crippen molar-refractivity contribution in [3.63, 3.8) is 0 Å². The minimum absolute atomic E-state index is 0.0264. The zero-order valence-electron chi connectivity index (χ0n) is 9.60. The van der Waals surface area contributed by atoms with E-state index in [2.05, 4.69) is 27.3 Å². The molecule has 0 aromatic heterocycles. The monoisotopic (exact) mass is 392 g/mol. The van der Waals surface area contributed by atoms with Gasteiger partial charge < -0.3 is 5.73 Å². The van der Waals surface area contributed by atoms with Crippen LogP contribution in [0.5, 0.6) is 0 Å². The third-order valence-electron chi connectivity index (χ3n) is 2.38. The number of hydrogen-bond donors (Lipinski definition) is 2. The van der Waals surface area contributed by atoms with E-state index in [-0.39, 0.29) is 16.3 Å². The largest absolute Gasteiger partial charge is 0.397 e. The highest BCUT2D eigenvalue weighted by Gasteiger charge is 2.15. The average Bonchev–Trinajstić information content (AvgIpc) is 2.34. The first-order chi connectivity index (χ1) is 8.88. The molecule has 7 heteroatoms. The van der Waals surface area contributed by atoms with Gasteiger partial charge in [-0.25, -0.2) is 12.8 Å². The Kier molecular flexibility index (Phi) is 3.95. The van der Waals surface area contributed by atoms with Crippen molar-refractivity contribution in [2.75, 3.05) is 10.5 Å². The van der Waals surface area contributed by atoms with Gasteiger partial charge in [0.05, 0.1) is 16.3 Å². The second kappa shape index (κ2) is 5.33. The number of nitrogen functional groups attached to an aromatic ring is 1. The maximum atomic E-state index is 13.1. The molecule has 2 rings (SSSR count). The third-order valence-corrected chi connectivity index (χ3v) is 4.48. The summed E-state index contributed by atoms with van der Waals surface area (Å²) in [6, 6.07) is 9.80. The molecule has 0 saturated carbocycles. The van der Waals surface area contributed by atoms with Crippen molar-refractivity contribution >= 4 is 44.0 Å². The first kappa shape index (κ1) is 14.1. The van der Waals surface area contributed by atoms with E-state index in [1.807, 2.05) is 0 Å².